The van der Waals surface area contributed by atoms with Crippen molar-refractivity contribution in [3.63, 3.8) is 0 Å². The number of para-hydroxylation sites is 1. The third kappa shape index (κ3) is 2.43. The quantitative estimate of drug-likeness (QED) is 0.224. The number of aromatic nitrogens is 2. The number of nitrogens with zero attached hydrogens (tertiary/aromatic N) is 2. The molecule has 0 saturated carbocycles. The molecule has 2 aromatic heterocycles. The molecule has 2 nitrogen and oxygen atoms in total. The molecule has 0 amide bonds. The highest BCUT2D eigenvalue weighted by Gasteiger charge is 2.36. The first-order chi connectivity index (χ1) is 17.6. The van der Waals surface area contributed by atoms with Crippen LogP contribution in [0.2, 0.25) is 0 Å². The highest BCUT2D eigenvalue weighted by Crippen LogP contribution is 2.51. The van der Waals surface area contributed by atoms with E-state index >= 15 is 0 Å². The third-order valence-corrected chi connectivity index (χ3v) is 8.21. The van der Waals surface area contributed by atoms with Crippen LogP contribution in [0.4, 0.5) is 0 Å². The molecule has 2 heterocycles. The Labute approximate surface area is 209 Å². The van der Waals surface area contributed by atoms with Gasteiger partial charge in [-0.25, -0.2) is 0 Å². The van der Waals surface area contributed by atoms with Crippen LogP contribution in [-0.2, 0) is 5.41 Å². The van der Waals surface area contributed by atoms with Gasteiger partial charge in [-0.2, -0.15) is 0 Å². The molecule has 36 heavy (non-hydrogen) atoms. The van der Waals surface area contributed by atoms with Gasteiger partial charge in [0.25, 0.3) is 0 Å². The summed E-state index contributed by atoms with van der Waals surface area (Å²) in [6.45, 7) is 4.71. The minimum absolute atomic E-state index is 0.0472. The zero-order valence-electron chi connectivity index (χ0n) is 20.3. The van der Waals surface area contributed by atoms with E-state index in [9.17, 15) is 0 Å². The molecule has 0 spiro atoms. The molecule has 2 heteroatoms. The molecule has 0 atom stereocenters. The van der Waals surface area contributed by atoms with Crippen molar-refractivity contribution in [2.75, 3.05) is 0 Å². The van der Waals surface area contributed by atoms with Crippen molar-refractivity contribution in [3.8, 4) is 16.8 Å². The second kappa shape index (κ2) is 6.83. The molecule has 8 rings (SSSR count). The van der Waals surface area contributed by atoms with Crippen LogP contribution >= 0.6 is 0 Å². The number of hydrogen-bond acceptors (Lipinski definition) is 1. The summed E-state index contributed by atoms with van der Waals surface area (Å²) < 4.78 is 2.46. The van der Waals surface area contributed by atoms with Crippen molar-refractivity contribution in [2.24, 2.45) is 0 Å². The van der Waals surface area contributed by atoms with Crippen molar-refractivity contribution < 1.29 is 0 Å². The summed E-state index contributed by atoms with van der Waals surface area (Å²) in [6, 6.07) is 37.7. The number of rotatable bonds is 1. The van der Waals surface area contributed by atoms with E-state index in [1.165, 1.54) is 60.5 Å². The zero-order valence-corrected chi connectivity index (χ0v) is 20.3. The number of benzene rings is 5. The maximum Gasteiger partial charge on any atom is 0.0801 e. The number of hydrogen-bond donors (Lipinski definition) is 0. The average molecular weight is 461 g/mol. The van der Waals surface area contributed by atoms with Crippen molar-refractivity contribution in [1.29, 1.82) is 0 Å². The average Bonchev–Trinajstić information content (AvgIpc) is 3.36. The van der Waals surface area contributed by atoms with Gasteiger partial charge in [-0.3, -0.25) is 4.98 Å². The topological polar surface area (TPSA) is 17.8 Å². The van der Waals surface area contributed by atoms with E-state index in [-0.39, 0.29) is 5.41 Å². The van der Waals surface area contributed by atoms with Crippen LogP contribution in [-0.4, -0.2) is 9.55 Å². The Balaban J connectivity index is 1.56. The van der Waals surface area contributed by atoms with Crippen molar-refractivity contribution in [3.05, 3.63) is 120 Å². The summed E-state index contributed by atoms with van der Waals surface area (Å²) in [4.78, 5) is 4.83. The molecule has 0 aliphatic heterocycles. The summed E-state index contributed by atoms with van der Waals surface area (Å²) in [6.07, 6.45) is 1.90. The van der Waals surface area contributed by atoms with Gasteiger partial charge in [-0.1, -0.05) is 86.6 Å². The zero-order chi connectivity index (χ0) is 24.0. The van der Waals surface area contributed by atoms with Gasteiger partial charge in [0.2, 0.25) is 0 Å². The van der Waals surface area contributed by atoms with E-state index in [1.54, 1.807) is 0 Å². The first kappa shape index (κ1) is 19.8. The van der Waals surface area contributed by atoms with E-state index in [1.807, 2.05) is 12.3 Å². The molecule has 0 saturated heterocycles. The van der Waals surface area contributed by atoms with Crippen LogP contribution in [0.1, 0.15) is 25.0 Å². The molecule has 0 radical (unpaired) electrons. The van der Waals surface area contributed by atoms with Crippen LogP contribution in [0.25, 0.3) is 60.3 Å². The van der Waals surface area contributed by atoms with E-state index in [2.05, 4.69) is 115 Å². The van der Waals surface area contributed by atoms with Crippen molar-refractivity contribution in [1.82, 2.24) is 9.55 Å². The van der Waals surface area contributed by atoms with E-state index in [0.29, 0.717) is 0 Å². The van der Waals surface area contributed by atoms with Gasteiger partial charge in [-0.15, -0.1) is 0 Å². The first-order valence-electron chi connectivity index (χ1n) is 12.6. The van der Waals surface area contributed by atoms with Gasteiger partial charge in [0, 0.05) is 33.2 Å². The predicted molar refractivity (Wildman–Crippen MR) is 151 cm³/mol. The summed E-state index contributed by atoms with van der Waals surface area (Å²) in [5.41, 5.74) is 10.2. The fourth-order valence-electron chi connectivity index (χ4n) is 6.50. The molecule has 5 aromatic carbocycles. The predicted octanol–water partition coefficient (Wildman–Crippen LogP) is 8.79. The maximum absolute atomic E-state index is 4.83. The second-order valence-electron chi connectivity index (χ2n) is 10.5. The molecule has 1 aliphatic carbocycles. The Hall–Kier alpha value is -4.43. The largest absolute Gasteiger partial charge is 0.309 e. The van der Waals surface area contributed by atoms with Crippen LogP contribution < -0.4 is 0 Å². The van der Waals surface area contributed by atoms with E-state index in [4.69, 9.17) is 4.98 Å². The maximum atomic E-state index is 4.83. The van der Waals surface area contributed by atoms with Gasteiger partial charge >= 0.3 is 0 Å². The SMILES string of the molecule is CC1(C)c2ccccc2-c2cc3c4ccccc4n(-c4cccc5ccc6cccnc6c45)c3cc21. The molecule has 0 unspecified atom stereocenters. The summed E-state index contributed by atoms with van der Waals surface area (Å²) in [7, 11) is 0. The number of fused-ring (bicyclic) bond motifs is 9. The molecule has 1 aliphatic rings. The van der Waals surface area contributed by atoms with Crippen LogP contribution in [0.5, 0.6) is 0 Å². The lowest BCUT2D eigenvalue weighted by molar-refractivity contribution is 0.661. The molecular weight excluding hydrogens is 436 g/mol. The lowest BCUT2D eigenvalue weighted by Crippen LogP contribution is -2.15. The molecule has 0 fully saturated rings. The monoisotopic (exact) mass is 460 g/mol. The molecule has 170 valence electrons. The lowest BCUT2D eigenvalue weighted by atomic mass is 9.82. The Morgan fingerprint density at radius 2 is 1.42 bits per heavy atom. The highest BCUT2D eigenvalue weighted by atomic mass is 15.0. The van der Waals surface area contributed by atoms with Gasteiger partial charge in [0.1, 0.15) is 0 Å². The van der Waals surface area contributed by atoms with E-state index in [0.717, 1.165) is 10.9 Å². The summed E-state index contributed by atoms with van der Waals surface area (Å²) in [5, 5.41) is 6.14. The van der Waals surface area contributed by atoms with Gasteiger partial charge < -0.3 is 4.57 Å². The lowest BCUT2D eigenvalue weighted by Gasteiger charge is -2.22. The Morgan fingerprint density at radius 3 is 2.36 bits per heavy atom. The molecule has 7 aromatic rings. The smallest absolute Gasteiger partial charge is 0.0801 e. The van der Waals surface area contributed by atoms with Gasteiger partial charge in [0.05, 0.1) is 22.2 Å². The van der Waals surface area contributed by atoms with Crippen LogP contribution in [0, 0.1) is 0 Å². The molecule has 0 N–H and O–H groups in total. The van der Waals surface area contributed by atoms with Crippen LogP contribution in [0.3, 0.4) is 0 Å². The van der Waals surface area contributed by atoms with E-state index < -0.39 is 0 Å². The summed E-state index contributed by atoms with van der Waals surface area (Å²) in [5.74, 6) is 0. The minimum Gasteiger partial charge on any atom is -0.309 e. The van der Waals surface area contributed by atoms with Crippen molar-refractivity contribution >= 4 is 43.5 Å². The van der Waals surface area contributed by atoms with Gasteiger partial charge in [0.15, 0.2) is 0 Å². The fraction of sp³-hybridized carbons (Fsp3) is 0.0882. The molecule has 0 bridgehead atoms. The Bertz CT molecular complexity index is 2020. The Kier molecular flexibility index (Phi) is 3.76. The first-order valence-corrected chi connectivity index (χ1v) is 12.6. The van der Waals surface area contributed by atoms with Gasteiger partial charge in [-0.05, 0) is 58.0 Å². The second-order valence-corrected chi connectivity index (χ2v) is 10.5. The Morgan fingerprint density at radius 1 is 0.611 bits per heavy atom. The summed E-state index contributed by atoms with van der Waals surface area (Å²) >= 11 is 0. The minimum atomic E-state index is -0.0472. The van der Waals surface area contributed by atoms with Crippen molar-refractivity contribution in [2.45, 2.75) is 19.3 Å². The molecular formula is C34H24N2. The standard InChI is InChI=1S/C34H24N2/c1-34(2)27-13-5-3-11-23(27)25-19-26-24-12-4-6-14-29(24)36(31(26)20-28(25)34)30-15-7-9-21-16-17-22-10-8-18-35-33(22)32(21)30/h3-20H,1-2H3. The number of pyridine rings is 1. The third-order valence-electron chi connectivity index (χ3n) is 8.21. The highest BCUT2D eigenvalue weighted by molar-refractivity contribution is 6.15. The fourth-order valence-corrected chi connectivity index (χ4v) is 6.50. The van der Waals surface area contributed by atoms with Crippen LogP contribution in [0.15, 0.2) is 109 Å². The normalized spacial score (nSPS) is 14.1.